The van der Waals surface area contributed by atoms with Crippen molar-refractivity contribution in [1.29, 1.82) is 0 Å². The number of unbranched alkanes of at least 4 members (excludes halogenated alkanes) is 1. The Morgan fingerprint density at radius 3 is 2.58 bits per heavy atom. The number of ketones is 1. The largest absolute Gasteiger partial charge is 0.398 e. The standard InChI is InChI=1S/C26H40ClN3O/c1-5-8-12-23(29-15-18-30-16-10-9-11-17-30)26(31)20(7-3)21-13-14-22(28)25(27)24(21)19(4)6-2/h7,12-14,19,29H,5-6,8-11,15-18,28H2,1-4H3/b20-7+,23-12?. The van der Waals surface area contributed by atoms with Gasteiger partial charge in [0, 0.05) is 18.7 Å². The van der Waals surface area contributed by atoms with Gasteiger partial charge in [0.1, 0.15) is 0 Å². The Kier molecular flexibility index (Phi) is 10.6. The predicted molar refractivity (Wildman–Crippen MR) is 135 cm³/mol. The van der Waals surface area contributed by atoms with E-state index in [-0.39, 0.29) is 11.7 Å². The second-order valence-corrected chi connectivity index (χ2v) is 8.88. The second-order valence-electron chi connectivity index (χ2n) is 8.51. The number of carbonyl (C=O) groups is 1. The summed E-state index contributed by atoms with van der Waals surface area (Å²) in [5.74, 6) is 0.240. The lowest BCUT2D eigenvalue weighted by Crippen LogP contribution is -2.36. The molecule has 4 nitrogen and oxygen atoms in total. The normalized spacial score (nSPS) is 16.9. The molecule has 1 aromatic rings. The molecule has 0 radical (unpaired) electrons. The molecule has 2 rings (SSSR count). The molecular weight excluding hydrogens is 406 g/mol. The summed E-state index contributed by atoms with van der Waals surface area (Å²) >= 11 is 6.61. The fraction of sp³-hybridized carbons (Fsp3) is 0.577. The molecule has 0 aliphatic carbocycles. The highest BCUT2D eigenvalue weighted by Gasteiger charge is 2.23. The molecule has 1 aliphatic rings. The van der Waals surface area contributed by atoms with E-state index in [2.05, 4.69) is 31.0 Å². The Morgan fingerprint density at radius 2 is 1.97 bits per heavy atom. The van der Waals surface area contributed by atoms with Crippen molar-refractivity contribution in [3.05, 3.63) is 46.1 Å². The van der Waals surface area contributed by atoms with Crippen molar-refractivity contribution in [3.8, 4) is 0 Å². The molecule has 1 aromatic carbocycles. The van der Waals surface area contributed by atoms with Crippen LogP contribution in [-0.4, -0.2) is 36.9 Å². The van der Waals surface area contributed by atoms with Gasteiger partial charge in [0.15, 0.2) is 0 Å². The van der Waals surface area contributed by atoms with Crippen LogP contribution in [0.25, 0.3) is 5.57 Å². The number of nitrogens with zero attached hydrogens (tertiary/aromatic N) is 1. The van der Waals surface area contributed by atoms with Crippen molar-refractivity contribution < 1.29 is 4.79 Å². The number of benzene rings is 1. The highest BCUT2D eigenvalue weighted by Crippen LogP contribution is 2.38. The van der Waals surface area contributed by atoms with Crippen LogP contribution in [0.4, 0.5) is 5.69 Å². The minimum absolute atomic E-state index is 0.0278. The highest BCUT2D eigenvalue weighted by atomic mass is 35.5. The Bertz CT molecular complexity index is 794. The predicted octanol–water partition coefficient (Wildman–Crippen LogP) is 6.17. The van der Waals surface area contributed by atoms with Gasteiger partial charge in [-0.05, 0) is 68.8 Å². The number of allylic oxidation sites excluding steroid dienone is 3. The molecule has 1 fully saturated rings. The number of likely N-dealkylation sites (tertiary alicyclic amines) is 1. The SMILES string of the molecule is C/C=C(/C(=O)C(=CCCC)NCCN1CCCCC1)c1ccc(N)c(Cl)c1C(C)CC. The molecule has 31 heavy (non-hydrogen) atoms. The summed E-state index contributed by atoms with van der Waals surface area (Å²) in [6.45, 7) is 12.4. The molecule has 3 N–H and O–H groups in total. The minimum Gasteiger partial charge on any atom is -0.398 e. The van der Waals surface area contributed by atoms with Crippen LogP contribution in [0.15, 0.2) is 30.0 Å². The fourth-order valence-electron chi connectivity index (χ4n) is 4.15. The molecule has 1 unspecified atom stereocenters. The average Bonchev–Trinajstić information content (AvgIpc) is 2.79. The Hall–Kier alpha value is -1.78. The number of nitrogen functional groups attached to an aromatic ring is 1. The van der Waals surface area contributed by atoms with E-state index in [0.29, 0.717) is 22.0 Å². The smallest absolute Gasteiger partial charge is 0.208 e. The molecule has 0 amide bonds. The number of carbonyl (C=O) groups excluding carboxylic acids is 1. The van der Waals surface area contributed by atoms with Crippen LogP contribution in [-0.2, 0) is 4.79 Å². The van der Waals surface area contributed by atoms with Gasteiger partial charge in [-0.2, -0.15) is 0 Å². The van der Waals surface area contributed by atoms with Crippen LogP contribution in [0.1, 0.15) is 83.3 Å². The molecule has 5 heteroatoms. The first-order valence-corrected chi connectivity index (χ1v) is 12.3. The van der Waals surface area contributed by atoms with E-state index < -0.39 is 0 Å². The van der Waals surface area contributed by atoms with Crippen LogP contribution in [0.2, 0.25) is 5.02 Å². The summed E-state index contributed by atoms with van der Waals surface area (Å²) in [6.07, 6.45) is 10.6. The van der Waals surface area contributed by atoms with Crippen LogP contribution >= 0.6 is 11.6 Å². The van der Waals surface area contributed by atoms with Crippen LogP contribution in [0.5, 0.6) is 0 Å². The summed E-state index contributed by atoms with van der Waals surface area (Å²) in [4.78, 5) is 16.1. The van der Waals surface area contributed by atoms with Gasteiger partial charge in [-0.3, -0.25) is 4.79 Å². The van der Waals surface area contributed by atoms with E-state index in [0.717, 1.165) is 56.6 Å². The number of hydrogen-bond donors (Lipinski definition) is 2. The van der Waals surface area contributed by atoms with Crippen molar-refractivity contribution in [2.24, 2.45) is 0 Å². The van der Waals surface area contributed by atoms with Gasteiger partial charge in [0.05, 0.1) is 16.4 Å². The van der Waals surface area contributed by atoms with Gasteiger partial charge in [-0.15, -0.1) is 0 Å². The maximum absolute atomic E-state index is 13.6. The zero-order valence-electron chi connectivity index (χ0n) is 19.8. The molecule has 1 heterocycles. The lowest BCUT2D eigenvalue weighted by molar-refractivity contribution is -0.110. The van der Waals surface area contributed by atoms with Crippen molar-refractivity contribution in [2.75, 3.05) is 31.9 Å². The van der Waals surface area contributed by atoms with Crippen molar-refractivity contribution in [1.82, 2.24) is 10.2 Å². The lowest BCUT2D eigenvalue weighted by atomic mass is 9.87. The Labute approximate surface area is 193 Å². The fourth-order valence-corrected chi connectivity index (χ4v) is 4.50. The number of Topliss-reactive ketones (excluding diaryl/α,β-unsaturated/α-hetero) is 1. The lowest BCUT2D eigenvalue weighted by Gasteiger charge is -2.27. The third kappa shape index (κ3) is 6.85. The molecule has 0 aromatic heterocycles. The molecule has 0 spiro atoms. The van der Waals surface area contributed by atoms with E-state index in [4.69, 9.17) is 17.3 Å². The number of nitrogens with one attached hydrogen (secondary N) is 1. The van der Waals surface area contributed by atoms with E-state index in [1.54, 1.807) is 6.07 Å². The Balaban J connectivity index is 2.27. The first-order chi connectivity index (χ1) is 14.9. The second kappa shape index (κ2) is 12.9. The first kappa shape index (κ1) is 25.5. The van der Waals surface area contributed by atoms with E-state index >= 15 is 0 Å². The summed E-state index contributed by atoms with van der Waals surface area (Å²) in [5.41, 5.74) is 9.89. The monoisotopic (exact) mass is 445 g/mol. The zero-order chi connectivity index (χ0) is 22.8. The molecule has 1 aliphatic heterocycles. The van der Waals surface area contributed by atoms with Gasteiger partial charge in [0.25, 0.3) is 0 Å². The molecule has 0 bridgehead atoms. The first-order valence-electron chi connectivity index (χ1n) is 11.9. The van der Waals surface area contributed by atoms with E-state index in [1.807, 2.05) is 25.1 Å². The Morgan fingerprint density at radius 1 is 1.26 bits per heavy atom. The number of rotatable bonds is 11. The van der Waals surface area contributed by atoms with Gasteiger partial charge < -0.3 is 16.0 Å². The summed E-state index contributed by atoms with van der Waals surface area (Å²) < 4.78 is 0. The molecule has 1 atom stereocenters. The zero-order valence-corrected chi connectivity index (χ0v) is 20.5. The van der Waals surface area contributed by atoms with Gasteiger partial charge in [0.2, 0.25) is 5.78 Å². The van der Waals surface area contributed by atoms with E-state index in [1.165, 1.54) is 19.3 Å². The topological polar surface area (TPSA) is 58.4 Å². The third-order valence-electron chi connectivity index (χ3n) is 6.21. The van der Waals surface area contributed by atoms with Gasteiger partial charge in [-0.25, -0.2) is 0 Å². The van der Waals surface area contributed by atoms with Crippen LogP contribution in [0, 0.1) is 0 Å². The number of nitrogens with two attached hydrogens (primary N) is 1. The number of anilines is 1. The molecule has 1 saturated heterocycles. The van der Waals surface area contributed by atoms with E-state index in [9.17, 15) is 4.79 Å². The minimum atomic E-state index is 0.0278. The maximum Gasteiger partial charge on any atom is 0.208 e. The van der Waals surface area contributed by atoms with Gasteiger partial charge >= 0.3 is 0 Å². The quantitative estimate of drug-likeness (QED) is 0.316. The summed E-state index contributed by atoms with van der Waals surface area (Å²) in [6, 6.07) is 3.75. The number of halogens is 1. The average molecular weight is 446 g/mol. The maximum atomic E-state index is 13.6. The van der Waals surface area contributed by atoms with Crippen molar-refractivity contribution in [2.45, 2.75) is 72.1 Å². The van der Waals surface area contributed by atoms with Crippen LogP contribution < -0.4 is 11.1 Å². The number of piperidine rings is 1. The van der Waals surface area contributed by atoms with Crippen molar-refractivity contribution in [3.63, 3.8) is 0 Å². The molecular formula is C26H40ClN3O. The highest BCUT2D eigenvalue weighted by molar-refractivity contribution is 6.35. The number of hydrogen-bond acceptors (Lipinski definition) is 4. The van der Waals surface area contributed by atoms with Gasteiger partial charge in [-0.1, -0.05) is 63.4 Å². The van der Waals surface area contributed by atoms with Crippen molar-refractivity contribution >= 4 is 28.6 Å². The third-order valence-corrected chi connectivity index (χ3v) is 6.63. The summed E-state index contributed by atoms with van der Waals surface area (Å²) in [7, 11) is 0. The molecule has 0 saturated carbocycles. The summed E-state index contributed by atoms with van der Waals surface area (Å²) in [5, 5.41) is 4.01. The van der Waals surface area contributed by atoms with Crippen LogP contribution in [0.3, 0.4) is 0 Å². The molecule has 172 valence electrons.